The minimum Gasteiger partial charge on any atom is -0.481 e. The Bertz CT molecular complexity index is 1210. The molecule has 1 aliphatic heterocycles. The lowest BCUT2D eigenvalue weighted by Crippen LogP contribution is -2.08. The van der Waals surface area contributed by atoms with Gasteiger partial charge in [0.1, 0.15) is 11.4 Å². The molecule has 1 atom stereocenters. The summed E-state index contributed by atoms with van der Waals surface area (Å²) in [5.41, 5.74) is 6.35. The maximum Gasteiger partial charge on any atom is 0.181 e. The Balaban J connectivity index is 1.46. The van der Waals surface area contributed by atoms with E-state index < -0.39 is 0 Å². The summed E-state index contributed by atoms with van der Waals surface area (Å²) in [5, 5.41) is 6.06. The van der Waals surface area contributed by atoms with Gasteiger partial charge in [0.2, 0.25) is 0 Å². The molecule has 4 aromatic rings. The molecule has 6 heteroatoms. The number of aromatic nitrogens is 3. The van der Waals surface area contributed by atoms with Gasteiger partial charge in [-0.05, 0) is 55.5 Å². The number of halogens is 1. The van der Waals surface area contributed by atoms with Crippen LogP contribution in [0.3, 0.4) is 0 Å². The van der Waals surface area contributed by atoms with E-state index in [-0.39, 0.29) is 6.10 Å². The highest BCUT2D eigenvalue weighted by molar-refractivity contribution is 6.31. The van der Waals surface area contributed by atoms with Crippen molar-refractivity contribution >= 4 is 22.6 Å². The van der Waals surface area contributed by atoms with Crippen molar-refractivity contribution in [3.05, 3.63) is 64.3 Å². The van der Waals surface area contributed by atoms with Crippen molar-refractivity contribution in [3.63, 3.8) is 0 Å². The largest absolute Gasteiger partial charge is 0.481 e. The highest BCUT2D eigenvalue weighted by Crippen LogP contribution is 2.47. The SMILES string of the molecule is Clc1cc2c(c(-c3ccnc4[nH]ccc34)c1)OC(c1onc3c1CCCC3)C2. The molecule has 0 saturated carbocycles. The Morgan fingerprint density at radius 3 is 3.00 bits per heavy atom. The Morgan fingerprint density at radius 2 is 2.04 bits per heavy atom. The zero-order valence-electron chi connectivity index (χ0n) is 15.2. The normalized spacial score (nSPS) is 18.1. The first kappa shape index (κ1) is 16.2. The number of aromatic amines is 1. The molecule has 1 aliphatic carbocycles. The average Bonchev–Trinajstić information content (AvgIpc) is 3.43. The molecule has 3 aromatic heterocycles. The van der Waals surface area contributed by atoms with Crippen molar-refractivity contribution in [2.75, 3.05) is 0 Å². The van der Waals surface area contributed by atoms with Gasteiger partial charge in [-0.15, -0.1) is 0 Å². The molecule has 1 unspecified atom stereocenters. The summed E-state index contributed by atoms with van der Waals surface area (Å²) in [5.74, 6) is 1.76. The van der Waals surface area contributed by atoms with E-state index in [0.29, 0.717) is 5.02 Å². The standard InChI is InChI=1S/C22H18ClN3O2/c23-13-9-12-10-19(21-16-3-1-2-4-18(16)26-28-21)27-20(12)17(11-13)14-5-7-24-22-15(14)6-8-25-22/h5-9,11,19H,1-4,10H2,(H,24,25). The predicted molar refractivity (Wildman–Crippen MR) is 107 cm³/mol. The van der Waals surface area contributed by atoms with Crippen LogP contribution in [0.4, 0.5) is 0 Å². The van der Waals surface area contributed by atoms with Crippen molar-refractivity contribution in [2.24, 2.45) is 0 Å². The lowest BCUT2D eigenvalue weighted by molar-refractivity contribution is 0.189. The number of fused-ring (bicyclic) bond motifs is 3. The van der Waals surface area contributed by atoms with Crippen molar-refractivity contribution in [2.45, 2.75) is 38.2 Å². The molecule has 0 radical (unpaired) electrons. The number of nitrogens with zero attached hydrogens (tertiary/aromatic N) is 2. The van der Waals surface area contributed by atoms with Gasteiger partial charge in [0.05, 0.1) is 5.69 Å². The van der Waals surface area contributed by atoms with E-state index in [9.17, 15) is 0 Å². The van der Waals surface area contributed by atoms with E-state index in [1.165, 1.54) is 18.4 Å². The molecule has 0 saturated heterocycles. The van der Waals surface area contributed by atoms with Crippen LogP contribution in [0.1, 0.15) is 41.5 Å². The molecule has 28 heavy (non-hydrogen) atoms. The maximum atomic E-state index is 6.48. The lowest BCUT2D eigenvalue weighted by Gasteiger charge is -2.14. The molecule has 4 heterocycles. The topological polar surface area (TPSA) is 63.9 Å². The molecule has 1 aromatic carbocycles. The molecule has 5 nitrogen and oxygen atoms in total. The number of hydrogen-bond donors (Lipinski definition) is 1. The van der Waals surface area contributed by atoms with E-state index in [4.69, 9.17) is 20.9 Å². The fraction of sp³-hybridized carbons (Fsp3) is 0.273. The first-order chi connectivity index (χ1) is 13.8. The summed E-state index contributed by atoms with van der Waals surface area (Å²) in [7, 11) is 0. The van der Waals surface area contributed by atoms with Gasteiger partial charge in [-0.25, -0.2) is 4.98 Å². The van der Waals surface area contributed by atoms with Gasteiger partial charge in [0, 0.05) is 45.9 Å². The van der Waals surface area contributed by atoms with Crippen LogP contribution in [-0.4, -0.2) is 15.1 Å². The second-order valence-electron chi connectivity index (χ2n) is 7.53. The first-order valence-electron chi connectivity index (χ1n) is 9.67. The molecular formula is C22H18ClN3O2. The molecule has 0 amide bonds. The molecular weight excluding hydrogens is 374 g/mol. The zero-order chi connectivity index (χ0) is 18.7. The van der Waals surface area contributed by atoms with E-state index in [0.717, 1.165) is 64.2 Å². The van der Waals surface area contributed by atoms with Crippen LogP contribution in [0, 0.1) is 0 Å². The number of aryl methyl sites for hydroxylation is 1. The Labute approximate surface area is 166 Å². The van der Waals surface area contributed by atoms with Gasteiger partial charge in [-0.3, -0.25) is 0 Å². The van der Waals surface area contributed by atoms with Crippen LogP contribution < -0.4 is 4.74 Å². The maximum absolute atomic E-state index is 6.48. The predicted octanol–water partition coefficient (Wildman–Crippen LogP) is 5.43. The summed E-state index contributed by atoms with van der Waals surface area (Å²) in [4.78, 5) is 7.56. The van der Waals surface area contributed by atoms with Crippen molar-refractivity contribution in [1.82, 2.24) is 15.1 Å². The number of nitrogens with one attached hydrogen (secondary N) is 1. The molecule has 6 rings (SSSR count). The van der Waals surface area contributed by atoms with Crippen LogP contribution >= 0.6 is 11.6 Å². The third-order valence-corrected chi connectivity index (χ3v) is 6.05. The van der Waals surface area contributed by atoms with Crippen molar-refractivity contribution in [1.29, 1.82) is 0 Å². The van der Waals surface area contributed by atoms with Crippen LogP contribution in [0.5, 0.6) is 5.75 Å². The Hall–Kier alpha value is -2.79. The van der Waals surface area contributed by atoms with E-state index in [2.05, 4.69) is 15.1 Å². The monoisotopic (exact) mass is 391 g/mol. The van der Waals surface area contributed by atoms with Gasteiger partial charge in [-0.2, -0.15) is 0 Å². The fourth-order valence-electron chi connectivity index (χ4n) is 4.53. The minimum absolute atomic E-state index is 0.148. The summed E-state index contributed by atoms with van der Waals surface area (Å²) in [6.07, 6.45) is 8.68. The van der Waals surface area contributed by atoms with E-state index in [1.807, 2.05) is 30.5 Å². The van der Waals surface area contributed by atoms with E-state index in [1.54, 1.807) is 6.20 Å². The summed E-state index contributed by atoms with van der Waals surface area (Å²) < 4.78 is 12.2. The van der Waals surface area contributed by atoms with E-state index >= 15 is 0 Å². The highest BCUT2D eigenvalue weighted by atomic mass is 35.5. The Morgan fingerprint density at radius 1 is 1.11 bits per heavy atom. The summed E-state index contributed by atoms with van der Waals surface area (Å²) in [6, 6.07) is 8.01. The summed E-state index contributed by atoms with van der Waals surface area (Å²) >= 11 is 6.48. The molecule has 0 bridgehead atoms. The molecule has 1 N–H and O–H groups in total. The lowest BCUT2D eigenvalue weighted by atomic mass is 9.93. The molecule has 140 valence electrons. The molecule has 2 aliphatic rings. The zero-order valence-corrected chi connectivity index (χ0v) is 15.9. The van der Waals surface area contributed by atoms with Crippen LogP contribution in [0.2, 0.25) is 5.02 Å². The van der Waals surface area contributed by atoms with Gasteiger partial charge in [0.15, 0.2) is 11.9 Å². The second-order valence-corrected chi connectivity index (χ2v) is 7.97. The van der Waals surface area contributed by atoms with Crippen molar-refractivity contribution < 1.29 is 9.26 Å². The molecule has 0 fully saturated rings. The smallest absolute Gasteiger partial charge is 0.181 e. The third kappa shape index (κ3) is 2.39. The number of benzene rings is 1. The molecule has 0 spiro atoms. The van der Waals surface area contributed by atoms with Crippen LogP contribution in [0.25, 0.3) is 22.2 Å². The van der Waals surface area contributed by atoms with Gasteiger partial charge >= 0.3 is 0 Å². The van der Waals surface area contributed by atoms with Gasteiger partial charge in [0.25, 0.3) is 0 Å². The number of ether oxygens (including phenoxy) is 1. The average molecular weight is 392 g/mol. The number of pyridine rings is 1. The third-order valence-electron chi connectivity index (χ3n) is 5.83. The minimum atomic E-state index is -0.148. The number of H-pyrrole nitrogens is 1. The van der Waals surface area contributed by atoms with Crippen LogP contribution in [-0.2, 0) is 19.3 Å². The quantitative estimate of drug-likeness (QED) is 0.495. The fourth-order valence-corrected chi connectivity index (χ4v) is 4.78. The van der Waals surface area contributed by atoms with Crippen molar-refractivity contribution in [3.8, 4) is 16.9 Å². The van der Waals surface area contributed by atoms with Gasteiger partial charge < -0.3 is 14.2 Å². The Kier molecular flexibility index (Phi) is 3.53. The second kappa shape index (κ2) is 6.11. The number of rotatable bonds is 2. The van der Waals surface area contributed by atoms with Crippen LogP contribution in [0.15, 0.2) is 41.2 Å². The first-order valence-corrected chi connectivity index (χ1v) is 10.0. The number of hydrogen-bond acceptors (Lipinski definition) is 4. The highest BCUT2D eigenvalue weighted by Gasteiger charge is 2.34. The van der Waals surface area contributed by atoms with Gasteiger partial charge in [-0.1, -0.05) is 16.8 Å². The summed E-state index contributed by atoms with van der Waals surface area (Å²) in [6.45, 7) is 0.